The summed E-state index contributed by atoms with van der Waals surface area (Å²) in [6, 6.07) is 0.714. The van der Waals surface area contributed by atoms with Gasteiger partial charge in [0.05, 0.1) is 4.87 Å². The van der Waals surface area contributed by atoms with Gasteiger partial charge in [0.2, 0.25) is 11.8 Å². The second kappa shape index (κ2) is 4.90. The van der Waals surface area contributed by atoms with Crippen molar-refractivity contribution in [3.63, 3.8) is 0 Å². The molecule has 4 nitrogen and oxygen atoms in total. The molecule has 0 radical (unpaired) electrons. The first-order valence-electron chi connectivity index (χ1n) is 8.38. The molecule has 4 aliphatic rings. The molecule has 0 bridgehead atoms. The molecule has 0 N–H and O–H groups in total. The van der Waals surface area contributed by atoms with E-state index in [0.29, 0.717) is 18.5 Å². The van der Waals surface area contributed by atoms with E-state index in [-0.39, 0.29) is 22.7 Å². The minimum Gasteiger partial charge on any atom is -0.335 e. The molecular formula is C16H24N2O2S. The average molecular weight is 308 g/mol. The van der Waals surface area contributed by atoms with E-state index < -0.39 is 0 Å². The molecule has 0 aromatic rings. The van der Waals surface area contributed by atoms with E-state index in [1.165, 1.54) is 12.8 Å². The molecule has 2 saturated carbocycles. The SMILES string of the molecule is C[C@]12CCC(=O)N1[C@@H](C(=O)N(C1CCCC1)C1CC1)CS2. The van der Waals surface area contributed by atoms with Crippen LogP contribution >= 0.6 is 11.8 Å². The fraction of sp³-hybridized carbons (Fsp3) is 0.875. The zero-order valence-electron chi connectivity index (χ0n) is 12.7. The fourth-order valence-corrected chi connectivity index (χ4v) is 5.79. The Morgan fingerprint density at radius 1 is 1.24 bits per heavy atom. The number of nitrogens with zero attached hydrogens (tertiary/aromatic N) is 2. The normalized spacial score (nSPS) is 36.3. The van der Waals surface area contributed by atoms with Crippen LogP contribution in [-0.2, 0) is 9.59 Å². The Labute approximate surface area is 130 Å². The Balaban J connectivity index is 1.57. The summed E-state index contributed by atoms with van der Waals surface area (Å²) in [5.41, 5.74) is 0. The van der Waals surface area contributed by atoms with E-state index >= 15 is 0 Å². The van der Waals surface area contributed by atoms with Crippen LogP contribution in [0.15, 0.2) is 0 Å². The quantitative estimate of drug-likeness (QED) is 0.804. The second-order valence-electron chi connectivity index (χ2n) is 7.18. The molecule has 5 heteroatoms. The van der Waals surface area contributed by atoms with Crippen molar-refractivity contribution in [1.82, 2.24) is 9.80 Å². The first-order valence-corrected chi connectivity index (χ1v) is 9.37. The van der Waals surface area contributed by atoms with E-state index in [4.69, 9.17) is 0 Å². The van der Waals surface area contributed by atoms with Crippen LogP contribution in [0.3, 0.4) is 0 Å². The van der Waals surface area contributed by atoms with Gasteiger partial charge in [0.1, 0.15) is 6.04 Å². The van der Waals surface area contributed by atoms with Gasteiger partial charge in [-0.05, 0) is 39.0 Å². The summed E-state index contributed by atoms with van der Waals surface area (Å²) in [4.78, 5) is 29.4. The molecule has 4 rings (SSSR count). The molecule has 21 heavy (non-hydrogen) atoms. The van der Waals surface area contributed by atoms with E-state index in [9.17, 15) is 9.59 Å². The second-order valence-corrected chi connectivity index (χ2v) is 8.68. The number of amides is 2. The molecular weight excluding hydrogens is 284 g/mol. The molecule has 2 aliphatic heterocycles. The van der Waals surface area contributed by atoms with Gasteiger partial charge in [-0.15, -0.1) is 11.8 Å². The van der Waals surface area contributed by atoms with E-state index in [1.54, 1.807) is 11.8 Å². The van der Waals surface area contributed by atoms with Crippen molar-refractivity contribution < 1.29 is 9.59 Å². The monoisotopic (exact) mass is 308 g/mol. The zero-order valence-corrected chi connectivity index (χ0v) is 13.5. The van der Waals surface area contributed by atoms with Gasteiger partial charge in [-0.2, -0.15) is 0 Å². The van der Waals surface area contributed by atoms with Crippen LogP contribution in [-0.4, -0.2) is 50.4 Å². The predicted molar refractivity (Wildman–Crippen MR) is 82.9 cm³/mol. The molecule has 0 aromatic carbocycles. The molecule has 2 amide bonds. The molecule has 2 saturated heterocycles. The molecule has 0 spiro atoms. The summed E-state index contributed by atoms with van der Waals surface area (Å²) in [5.74, 6) is 1.22. The van der Waals surface area contributed by atoms with E-state index in [2.05, 4.69) is 11.8 Å². The first-order chi connectivity index (χ1) is 10.1. The summed E-state index contributed by atoms with van der Waals surface area (Å²) in [6.07, 6.45) is 8.65. The Bertz CT molecular complexity index is 473. The topological polar surface area (TPSA) is 40.6 Å². The van der Waals surface area contributed by atoms with Gasteiger partial charge >= 0.3 is 0 Å². The third-order valence-electron chi connectivity index (χ3n) is 5.64. The number of hydrogen-bond donors (Lipinski definition) is 0. The fourth-order valence-electron chi connectivity index (χ4n) is 4.37. The standard InChI is InChI=1S/C16H24N2O2S/c1-16-9-8-14(19)18(16)13(10-21-16)15(20)17(12-6-7-12)11-4-2-3-5-11/h11-13H,2-10H2,1H3/t13-,16+/m1/s1. The summed E-state index contributed by atoms with van der Waals surface area (Å²) < 4.78 is 0. The van der Waals surface area contributed by atoms with Gasteiger partial charge in [-0.3, -0.25) is 9.59 Å². The van der Waals surface area contributed by atoms with Crippen LogP contribution in [0.25, 0.3) is 0 Å². The number of carbonyl (C=O) groups excluding carboxylic acids is 2. The Morgan fingerprint density at radius 2 is 1.90 bits per heavy atom. The van der Waals surface area contributed by atoms with Crippen LogP contribution in [0.4, 0.5) is 0 Å². The number of rotatable bonds is 3. The largest absolute Gasteiger partial charge is 0.335 e. The van der Waals surface area contributed by atoms with E-state index in [1.807, 2.05) is 4.90 Å². The molecule has 2 atom stereocenters. The number of fused-ring (bicyclic) bond motifs is 1. The molecule has 2 heterocycles. The number of hydrogen-bond acceptors (Lipinski definition) is 3. The highest BCUT2D eigenvalue weighted by Gasteiger charge is 2.55. The van der Waals surface area contributed by atoms with Gasteiger partial charge in [0.15, 0.2) is 0 Å². The van der Waals surface area contributed by atoms with Crippen molar-refractivity contribution in [2.45, 2.75) is 81.3 Å². The lowest BCUT2D eigenvalue weighted by atomic mass is 10.1. The highest BCUT2D eigenvalue weighted by Crippen LogP contribution is 2.48. The summed E-state index contributed by atoms with van der Waals surface area (Å²) in [7, 11) is 0. The van der Waals surface area contributed by atoms with Crippen LogP contribution in [0.5, 0.6) is 0 Å². The minimum absolute atomic E-state index is 0.123. The summed E-state index contributed by atoms with van der Waals surface area (Å²) in [6.45, 7) is 2.13. The van der Waals surface area contributed by atoms with Crippen LogP contribution in [0.1, 0.15) is 58.3 Å². The Kier molecular flexibility index (Phi) is 3.25. The zero-order chi connectivity index (χ0) is 14.6. The maximum Gasteiger partial charge on any atom is 0.246 e. The number of thioether (sulfide) groups is 1. The van der Waals surface area contributed by atoms with Gasteiger partial charge < -0.3 is 9.80 Å². The maximum absolute atomic E-state index is 13.2. The van der Waals surface area contributed by atoms with Crippen molar-refractivity contribution in [3.05, 3.63) is 0 Å². The molecule has 2 aliphatic carbocycles. The predicted octanol–water partition coefficient (Wildman–Crippen LogP) is 2.37. The molecule has 0 aromatic heterocycles. The lowest BCUT2D eigenvalue weighted by Gasteiger charge is -2.36. The Morgan fingerprint density at radius 3 is 2.57 bits per heavy atom. The van der Waals surface area contributed by atoms with Crippen LogP contribution < -0.4 is 0 Å². The van der Waals surface area contributed by atoms with Gasteiger partial charge in [-0.1, -0.05) is 12.8 Å². The van der Waals surface area contributed by atoms with Gasteiger partial charge in [-0.25, -0.2) is 0 Å². The van der Waals surface area contributed by atoms with Crippen molar-refractivity contribution >= 4 is 23.6 Å². The van der Waals surface area contributed by atoms with Gasteiger partial charge in [0, 0.05) is 24.3 Å². The summed E-state index contributed by atoms with van der Waals surface area (Å²) >= 11 is 1.81. The Hall–Kier alpha value is -0.710. The minimum atomic E-state index is -0.198. The smallest absolute Gasteiger partial charge is 0.246 e. The lowest BCUT2D eigenvalue weighted by molar-refractivity contribution is -0.145. The highest BCUT2D eigenvalue weighted by molar-refractivity contribution is 8.01. The van der Waals surface area contributed by atoms with Crippen molar-refractivity contribution in [2.24, 2.45) is 0 Å². The highest BCUT2D eigenvalue weighted by atomic mass is 32.2. The third kappa shape index (κ3) is 2.19. The molecule has 116 valence electrons. The van der Waals surface area contributed by atoms with Gasteiger partial charge in [0.25, 0.3) is 0 Å². The van der Waals surface area contributed by atoms with Crippen molar-refractivity contribution in [1.29, 1.82) is 0 Å². The number of carbonyl (C=O) groups is 2. The van der Waals surface area contributed by atoms with Crippen LogP contribution in [0.2, 0.25) is 0 Å². The first kappa shape index (κ1) is 13.9. The molecule has 0 unspecified atom stereocenters. The summed E-state index contributed by atoms with van der Waals surface area (Å²) in [5, 5.41) is 0. The lowest BCUT2D eigenvalue weighted by Crippen LogP contribution is -2.54. The van der Waals surface area contributed by atoms with Crippen molar-refractivity contribution in [2.75, 3.05) is 5.75 Å². The maximum atomic E-state index is 13.2. The average Bonchev–Trinajstić information content (AvgIpc) is 2.90. The molecule has 4 fully saturated rings. The van der Waals surface area contributed by atoms with Crippen LogP contribution in [0, 0.1) is 0 Å². The third-order valence-corrected chi connectivity index (χ3v) is 7.15. The van der Waals surface area contributed by atoms with E-state index in [0.717, 1.165) is 37.9 Å². The van der Waals surface area contributed by atoms with Crippen molar-refractivity contribution in [3.8, 4) is 0 Å².